The van der Waals surface area contributed by atoms with E-state index in [-0.39, 0.29) is 62.8 Å². The number of phenols is 3. The summed E-state index contributed by atoms with van der Waals surface area (Å²) in [5.74, 6) is -7.96. The number of benzene rings is 3. The van der Waals surface area contributed by atoms with Crippen LogP contribution in [-0.4, -0.2) is 153 Å². The van der Waals surface area contributed by atoms with Gasteiger partial charge < -0.3 is 65.2 Å². The second-order valence-electron chi connectivity index (χ2n) is 20.1. The Morgan fingerprint density at radius 3 is 2.24 bits per heavy atom. The summed E-state index contributed by atoms with van der Waals surface area (Å²) in [4.78, 5) is 58.2. The number of pyridine rings is 1. The van der Waals surface area contributed by atoms with Gasteiger partial charge >= 0.3 is 11.8 Å². The first-order valence-corrected chi connectivity index (χ1v) is 26.2. The molecule has 0 radical (unpaired) electrons. The molecule has 9 atom stereocenters. The zero-order valence-corrected chi connectivity index (χ0v) is 47.1. The van der Waals surface area contributed by atoms with Gasteiger partial charge in [-0.25, -0.2) is 5.43 Å². The van der Waals surface area contributed by atoms with E-state index < -0.39 is 88.8 Å². The maximum Gasteiger partial charge on any atom is 0.312 e. The minimum Gasteiger partial charge on any atom is -0.507 e. The number of rotatable bonds is 9. The van der Waals surface area contributed by atoms with E-state index in [0.29, 0.717) is 29.4 Å². The van der Waals surface area contributed by atoms with Crippen molar-refractivity contribution >= 4 is 63.7 Å². The van der Waals surface area contributed by atoms with Crippen LogP contribution in [0.5, 0.6) is 28.7 Å². The Balaban J connectivity index is 0.000000410. The molecule has 23 heteroatoms. The van der Waals surface area contributed by atoms with E-state index in [1.807, 2.05) is 7.05 Å². The van der Waals surface area contributed by atoms with Gasteiger partial charge in [0.15, 0.2) is 11.6 Å². The molecule has 2 amide bonds. The largest absolute Gasteiger partial charge is 0.507 e. The molecule has 1 aromatic heterocycles. The van der Waals surface area contributed by atoms with Crippen molar-refractivity contribution < 1.29 is 68.4 Å². The van der Waals surface area contributed by atoms with Crippen molar-refractivity contribution in [2.24, 2.45) is 39.6 Å². The highest BCUT2D eigenvalue weighted by molar-refractivity contribution is 6.30. The number of carbonyl (C=O) groups is 4. The van der Waals surface area contributed by atoms with Gasteiger partial charge in [-0.1, -0.05) is 57.5 Å². The summed E-state index contributed by atoms with van der Waals surface area (Å²) in [6, 6.07) is 9.98. The molecule has 0 saturated carbocycles. The number of Topliss-reactive ketones (excluding diaryl/α,β-unsaturated/α-hetero) is 1. The van der Waals surface area contributed by atoms with Crippen LogP contribution in [0.2, 0.25) is 5.02 Å². The Labute approximate surface area is 469 Å². The van der Waals surface area contributed by atoms with Gasteiger partial charge in [0.1, 0.15) is 35.7 Å². The van der Waals surface area contributed by atoms with Gasteiger partial charge in [-0.3, -0.25) is 29.2 Å². The second-order valence-corrected chi connectivity index (χ2v) is 20.6. The maximum absolute atomic E-state index is 14.4. The highest BCUT2D eigenvalue weighted by Gasteiger charge is 2.50. The average Bonchev–Trinajstić information content (AvgIpc) is 3.83. The summed E-state index contributed by atoms with van der Waals surface area (Å²) >= 11 is 5.76. The lowest BCUT2D eigenvalue weighted by Crippen LogP contribution is -2.46. The number of hydrazone groups is 2. The number of nitrogens with zero attached hydrogens (tertiary/aromatic N) is 5. The lowest BCUT2D eigenvalue weighted by Gasteiger charge is -2.38. The molecule has 1 saturated heterocycles. The van der Waals surface area contributed by atoms with E-state index in [4.69, 9.17) is 41.0 Å². The van der Waals surface area contributed by atoms with E-state index in [2.05, 4.69) is 30.8 Å². The van der Waals surface area contributed by atoms with Gasteiger partial charge in [-0.15, -0.1) is 0 Å². The van der Waals surface area contributed by atoms with Crippen LogP contribution in [0, 0.1) is 30.6 Å². The molecular formula is C57H71ClN8O14. The lowest BCUT2D eigenvalue weighted by atomic mass is 9.78. The second kappa shape index (κ2) is 26.9. The third kappa shape index (κ3) is 14.3. The van der Waals surface area contributed by atoms with Crippen molar-refractivity contribution in [3.8, 4) is 28.7 Å². The molecule has 22 nitrogen and oxygen atoms in total. The van der Waals surface area contributed by atoms with Crippen LogP contribution in [0.4, 0.5) is 5.69 Å². The number of aliphatic hydroxyl groups is 2. The molecule has 4 aliphatic heterocycles. The zero-order valence-electron chi connectivity index (χ0n) is 46.3. The SMILES string of the molecule is CO[C@H]1/C=C/O[C@@]2(C)Oc3c(C)c(O)c4c(O)c(c(/C=N\N5CCN(C)CC5)c(O)c4c3C2=O)NC(=O)/C(C)=C\C=C\[C@@H](C)[C@H](O)[C@@H](C)[C@H](O)[C@@H](C)[C@H](OC(C)=O)[C@@H]1C.N/C(COc1ccc(Cl)cc1)=N/NC(=O)c1ccncc1. The summed E-state index contributed by atoms with van der Waals surface area (Å²) in [6.45, 7) is 15.1. The fourth-order valence-electron chi connectivity index (χ4n) is 9.33. The number of esters is 1. The number of carbonyl (C=O) groups excluding carboxylic acids is 4. The molecule has 0 unspecified atom stereocenters. The van der Waals surface area contributed by atoms with E-state index in [9.17, 15) is 44.7 Å². The molecule has 4 aliphatic rings. The van der Waals surface area contributed by atoms with Crippen LogP contribution >= 0.6 is 11.6 Å². The first-order chi connectivity index (χ1) is 37.9. The number of ether oxygens (including phenoxy) is 5. The van der Waals surface area contributed by atoms with Crippen LogP contribution < -0.4 is 25.9 Å². The smallest absolute Gasteiger partial charge is 0.312 e. The van der Waals surface area contributed by atoms with Crippen LogP contribution in [0.3, 0.4) is 0 Å². The molecule has 5 bridgehead atoms. The van der Waals surface area contributed by atoms with E-state index >= 15 is 0 Å². The molecule has 4 aromatic rings. The first kappa shape index (κ1) is 61.5. The summed E-state index contributed by atoms with van der Waals surface area (Å²) in [5.41, 5.74) is 8.08. The lowest BCUT2D eigenvalue weighted by molar-refractivity contribution is -0.160. The van der Waals surface area contributed by atoms with Crippen LogP contribution in [-0.2, 0) is 23.8 Å². The summed E-state index contributed by atoms with van der Waals surface area (Å²) in [6.07, 6.45) is 7.90. The number of halogens is 1. The highest BCUT2D eigenvalue weighted by atomic mass is 35.5. The normalized spacial score (nSPS) is 26.5. The molecule has 0 spiro atoms. The third-order valence-corrected chi connectivity index (χ3v) is 14.6. The Morgan fingerprint density at radius 2 is 1.60 bits per heavy atom. The number of ketones is 1. The summed E-state index contributed by atoms with van der Waals surface area (Å²) in [5, 5.41) is 71.2. The summed E-state index contributed by atoms with van der Waals surface area (Å²) in [7, 11) is 3.42. The number of amidine groups is 1. The Hall–Kier alpha value is -7.76. The highest BCUT2D eigenvalue weighted by Crippen LogP contribution is 2.55. The number of amides is 2. The average molecular weight is 1130 g/mol. The number of nitrogens with one attached hydrogen (secondary N) is 2. The van der Waals surface area contributed by atoms with E-state index in [0.717, 1.165) is 13.1 Å². The number of methoxy groups -OCH3 is 1. The number of aromatic hydroxyl groups is 3. The van der Waals surface area contributed by atoms with Gasteiger partial charge in [0, 0.05) is 110 Å². The molecule has 1 fully saturated rings. The number of anilines is 1. The number of likely N-dealkylation sites (N-methyl/N-ethyl adjacent to an activating group) is 1. The number of hydrogen-bond acceptors (Lipinski definition) is 19. The Bertz CT molecular complexity index is 3060. The topological polar surface area (TPSA) is 310 Å². The number of hydrogen-bond donors (Lipinski definition) is 8. The molecule has 9 N–H and O–H groups in total. The number of aromatic nitrogens is 1. The number of piperazine rings is 1. The van der Waals surface area contributed by atoms with Crippen LogP contribution in [0.1, 0.15) is 80.3 Å². The van der Waals surface area contributed by atoms with Gasteiger partial charge in [-0.05, 0) is 63.4 Å². The predicted octanol–water partition coefficient (Wildman–Crippen LogP) is 6.15. The quantitative estimate of drug-likeness (QED) is 0.0233. The van der Waals surface area contributed by atoms with Crippen LogP contribution in [0.15, 0.2) is 95.1 Å². The molecular weight excluding hydrogens is 1060 g/mol. The van der Waals surface area contributed by atoms with E-state index in [1.165, 1.54) is 71.8 Å². The number of aliphatic hydroxyl groups excluding tert-OH is 2. The number of fused-ring (bicyclic) bond motifs is 14. The maximum atomic E-state index is 14.4. The first-order valence-electron chi connectivity index (χ1n) is 25.8. The van der Waals surface area contributed by atoms with Gasteiger partial charge in [0.05, 0.1) is 53.0 Å². The molecule has 5 heterocycles. The minimum atomic E-state index is -2.04. The predicted molar refractivity (Wildman–Crippen MR) is 301 cm³/mol. The molecule has 80 heavy (non-hydrogen) atoms. The van der Waals surface area contributed by atoms with Crippen LogP contribution in [0.25, 0.3) is 10.8 Å². The molecule has 0 aliphatic carbocycles. The standard InChI is InChI=1S/C43H58N4O12.C14H13ClN4O2/c1-21-12-11-13-22(2)42(55)45-33-28(20-44-47-17-15-46(9)16-18-47)37(52)30-31(38(33)53)36(51)26(6)40-32(30)41(54)43(8,59-40)57-19-14-29(56-10)23(3)39(58-27(7)48)25(5)35(50)24(4)34(21)49;15-11-1-3-12(4-2-11)21-9-13(16)18-19-14(20)10-5-7-17-8-6-10/h11-14,19-21,23-25,29,34-35,39,49-53H,15-18H2,1-10H3,(H,45,55);1-8H,9H2,(H2,16,18)(H,19,20)/b12-11+,19-14+,22-13-,44-20-;/t21-,23-,24-,25-,29+,34+,35+,39-,43+;/m1./s1. The van der Waals surface area contributed by atoms with Gasteiger partial charge in [-0.2, -0.15) is 10.2 Å². The van der Waals surface area contributed by atoms with Gasteiger partial charge in [0.25, 0.3) is 17.6 Å². The molecule has 3 aromatic carbocycles. The summed E-state index contributed by atoms with van der Waals surface area (Å²) < 4.78 is 29.0. The van der Waals surface area contributed by atoms with Crippen molar-refractivity contribution in [2.45, 2.75) is 85.6 Å². The fraction of sp³-hybridized carbons (Fsp3) is 0.421. The van der Waals surface area contributed by atoms with Gasteiger partial charge in [0.2, 0.25) is 0 Å². The van der Waals surface area contributed by atoms with Crippen molar-refractivity contribution in [2.75, 3.05) is 52.3 Å². The number of nitrogens with two attached hydrogens (primary N) is 1. The molecule has 8 rings (SSSR count). The monoisotopic (exact) mass is 1130 g/mol. The van der Waals surface area contributed by atoms with E-state index in [1.54, 1.807) is 81.3 Å². The fourth-order valence-corrected chi connectivity index (χ4v) is 9.46. The third-order valence-electron chi connectivity index (χ3n) is 14.3. The van der Waals surface area contributed by atoms with Crippen molar-refractivity contribution in [1.29, 1.82) is 0 Å². The molecule has 430 valence electrons. The minimum absolute atomic E-state index is 0.0538. The van der Waals surface area contributed by atoms with Crippen molar-refractivity contribution in [1.82, 2.24) is 20.3 Å². The Kier molecular flexibility index (Phi) is 20.7. The number of phenolic OH excluding ortho intramolecular Hbond substituents is 3. The zero-order chi connectivity index (χ0) is 58.7. The van der Waals surface area contributed by atoms with Crippen molar-refractivity contribution in [3.63, 3.8) is 0 Å². The van der Waals surface area contributed by atoms with Crippen molar-refractivity contribution in [3.05, 3.63) is 112 Å². The number of allylic oxidation sites excluding steroid dienone is 2. The Morgan fingerprint density at radius 1 is 0.938 bits per heavy atom.